The number of benzene rings is 1. The molecule has 1 saturated heterocycles. The van der Waals surface area contributed by atoms with Crippen LogP contribution in [0.5, 0.6) is 0 Å². The fourth-order valence-electron chi connectivity index (χ4n) is 3.10. The van der Waals surface area contributed by atoms with E-state index in [1.807, 2.05) is 6.92 Å². The number of amides is 2. The van der Waals surface area contributed by atoms with Gasteiger partial charge in [-0.3, -0.25) is 9.69 Å². The second-order valence-corrected chi connectivity index (χ2v) is 6.84. The molecule has 1 N–H and O–H groups in total. The monoisotopic (exact) mass is 415 g/mol. The van der Waals surface area contributed by atoms with Crippen LogP contribution in [0.3, 0.4) is 0 Å². The van der Waals surface area contributed by atoms with Gasteiger partial charge in [-0.15, -0.1) is 0 Å². The van der Waals surface area contributed by atoms with E-state index in [1.54, 1.807) is 41.1 Å². The minimum absolute atomic E-state index is 0.147. The Bertz CT molecular complexity index is 983. The summed E-state index contributed by atoms with van der Waals surface area (Å²) in [6.45, 7) is 3.77. The van der Waals surface area contributed by atoms with Crippen molar-refractivity contribution in [1.29, 1.82) is 0 Å². The van der Waals surface area contributed by atoms with Gasteiger partial charge in [0.15, 0.2) is 0 Å². The van der Waals surface area contributed by atoms with Crippen molar-refractivity contribution in [2.75, 3.05) is 24.6 Å². The molecule has 2 heterocycles. The third-order valence-corrected chi connectivity index (χ3v) is 4.67. The maximum absolute atomic E-state index is 14.8. The highest BCUT2D eigenvalue weighted by Crippen LogP contribution is 2.27. The summed E-state index contributed by atoms with van der Waals surface area (Å²) in [5, 5.41) is 2.60. The van der Waals surface area contributed by atoms with E-state index >= 15 is 0 Å². The maximum atomic E-state index is 14.8. The van der Waals surface area contributed by atoms with E-state index in [0.717, 1.165) is 5.56 Å². The highest BCUT2D eigenvalue weighted by molar-refractivity contribution is 5.90. The van der Waals surface area contributed by atoms with Crippen LogP contribution in [-0.4, -0.2) is 48.3 Å². The molecule has 2 amide bonds. The number of cyclic esters (lactones) is 1. The molecular weight excluding hydrogens is 393 g/mol. The van der Waals surface area contributed by atoms with Gasteiger partial charge in [0, 0.05) is 25.4 Å². The Hall–Kier alpha value is -3.42. The third kappa shape index (κ3) is 4.94. The summed E-state index contributed by atoms with van der Waals surface area (Å²) < 4.78 is 27.1. The number of halogens is 1. The average Bonchev–Trinajstić information content (AvgIpc) is 3.33. The molecule has 0 saturated carbocycles. The van der Waals surface area contributed by atoms with Crippen molar-refractivity contribution in [3.05, 3.63) is 54.1 Å². The Balaban J connectivity index is 1.71. The SMILES string of the molecule is CC(=O)NCC1CN(c2ccc(-n3ccc(C(C)OCC=C=O)c3)c(F)c2)C(=O)O1. The highest BCUT2D eigenvalue weighted by Gasteiger charge is 2.32. The van der Waals surface area contributed by atoms with Crippen LogP contribution in [0.25, 0.3) is 5.69 Å². The number of aromatic nitrogens is 1. The molecular formula is C21H22FN3O5. The summed E-state index contributed by atoms with van der Waals surface area (Å²) in [4.78, 5) is 34.7. The van der Waals surface area contributed by atoms with Gasteiger partial charge in [-0.2, -0.15) is 0 Å². The molecule has 9 heteroatoms. The minimum atomic E-state index is -0.587. The van der Waals surface area contributed by atoms with Gasteiger partial charge in [-0.25, -0.2) is 14.0 Å². The molecule has 1 aromatic heterocycles. The molecule has 8 nitrogen and oxygen atoms in total. The number of hydrogen-bond donors (Lipinski definition) is 1. The lowest BCUT2D eigenvalue weighted by Crippen LogP contribution is -2.33. The summed E-state index contributed by atoms with van der Waals surface area (Å²) in [5.41, 5.74) is 1.50. The second-order valence-electron chi connectivity index (χ2n) is 6.84. The van der Waals surface area contributed by atoms with Crippen LogP contribution in [0.2, 0.25) is 0 Å². The van der Waals surface area contributed by atoms with Crippen molar-refractivity contribution in [2.45, 2.75) is 26.1 Å². The normalized spacial score (nSPS) is 16.7. The molecule has 30 heavy (non-hydrogen) atoms. The van der Waals surface area contributed by atoms with Crippen molar-refractivity contribution in [3.8, 4) is 5.69 Å². The van der Waals surface area contributed by atoms with Crippen molar-refractivity contribution >= 4 is 23.6 Å². The summed E-state index contributed by atoms with van der Waals surface area (Å²) in [6, 6.07) is 6.28. The molecule has 2 aromatic rings. The van der Waals surface area contributed by atoms with E-state index < -0.39 is 18.0 Å². The van der Waals surface area contributed by atoms with E-state index in [4.69, 9.17) is 9.47 Å². The first kappa shape index (κ1) is 21.3. The number of carbonyl (C=O) groups is 2. The van der Waals surface area contributed by atoms with Crippen molar-refractivity contribution in [3.63, 3.8) is 0 Å². The fraction of sp³-hybridized carbons (Fsp3) is 0.333. The van der Waals surface area contributed by atoms with Gasteiger partial charge < -0.3 is 19.4 Å². The summed E-state index contributed by atoms with van der Waals surface area (Å²) in [5.74, 6) is 0.923. The highest BCUT2D eigenvalue weighted by atomic mass is 19.1. The van der Waals surface area contributed by atoms with Crippen LogP contribution in [0.1, 0.15) is 25.5 Å². The van der Waals surface area contributed by atoms with Crippen LogP contribution in [0, 0.1) is 5.82 Å². The van der Waals surface area contributed by atoms with Crippen LogP contribution in [-0.2, 0) is 19.1 Å². The zero-order valence-electron chi connectivity index (χ0n) is 16.6. The van der Waals surface area contributed by atoms with E-state index in [2.05, 4.69) is 5.32 Å². The zero-order valence-corrected chi connectivity index (χ0v) is 16.6. The fourth-order valence-corrected chi connectivity index (χ4v) is 3.10. The first-order chi connectivity index (χ1) is 14.4. The molecule has 2 unspecified atom stereocenters. The van der Waals surface area contributed by atoms with E-state index in [1.165, 1.54) is 24.0 Å². The van der Waals surface area contributed by atoms with Gasteiger partial charge in [-0.05, 0) is 36.8 Å². The summed E-state index contributed by atoms with van der Waals surface area (Å²) in [6.07, 6.45) is 3.33. The topological polar surface area (TPSA) is 89.9 Å². The molecule has 1 aliphatic rings. The first-order valence-electron chi connectivity index (χ1n) is 9.40. The number of carbonyl (C=O) groups excluding carboxylic acids is 3. The lowest BCUT2D eigenvalue weighted by Gasteiger charge is -2.15. The predicted molar refractivity (Wildman–Crippen MR) is 107 cm³/mol. The van der Waals surface area contributed by atoms with Crippen LogP contribution in [0.4, 0.5) is 14.9 Å². The Morgan fingerprint density at radius 2 is 2.27 bits per heavy atom. The van der Waals surface area contributed by atoms with Crippen LogP contribution < -0.4 is 10.2 Å². The van der Waals surface area contributed by atoms with E-state index in [-0.39, 0.29) is 31.7 Å². The smallest absolute Gasteiger partial charge is 0.414 e. The third-order valence-electron chi connectivity index (χ3n) is 4.67. The Kier molecular flexibility index (Phi) is 6.66. The summed E-state index contributed by atoms with van der Waals surface area (Å²) in [7, 11) is 0. The van der Waals surface area contributed by atoms with Crippen molar-refractivity contribution in [1.82, 2.24) is 9.88 Å². The number of ether oxygens (including phenoxy) is 2. The molecule has 0 bridgehead atoms. The zero-order chi connectivity index (χ0) is 21.7. The standard InChI is InChI=1S/C21H22FN3O5/c1-14(29-9-3-8-26)16-6-7-24(12-16)20-5-4-17(10-19(20)22)25-13-18(30-21(25)28)11-23-15(2)27/h3-7,10,12,14,18H,9,11,13H2,1-2H3,(H,23,27). The molecule has 2 atom stereocenters. The van der Waals surface area contributed by atoms with E-state index in [9.17, 15) is 18.8 Å². The molecule has 1 fully saturated rings. The quantitative estimate of drug-likeness (QED) is 0.670. The van der Waals surface area contributed by atoms with Gasteiger partial charge in [0.1, 0.15) is 17.9 Å². The molecule has 158 valence electrons. The van der Waals surface area contributed by atoms with Gasteiger partial charge in [-0.1, -0.05) is 0 Å². The largest absolute Gasteiger partial charge is 0.442 e. The van der Waals surface area contributed by atoms with Gasteiger partial charge in [0.25, 0.3) is 0 Å². The average molecular weight is 415 g/mol. The maximum Gasteiger partial charge on any atom is 0.414 e. The number of anilines is 1. The second kappa shape index (κ2) is 9.39. The predicted octanol–water partition coefficient (Wildman–Crippen LogP) is 2.54. The van der Waals surface area contributed by atoms with Crippen LogP contribution >= 0.6 is 0 Å². The van der Waals surface area contributed by atoms with Gasteiger partial charge in [0.05, 0.1) is 37.2 Å². The van der Waals surface area contributed by atoms with Gasteiger partial charge in [0.2, 0.25) is 5.91 Å². The van der Waals surface area contributed by atoms with Crippen LogP contribution in [0.15, 0.2) is 42.7 Å². The Labute approximate surface area is 172 Å². The number of nitrogens with one attached hydrogen (secondary N) is 1. The van der Waals surface area contributed by atoms with E-state index in [0.29, 0.717) is 11.4 Å². The number of rotatable bonds is 8. The molecule has 0 radical (unpaired) electrons. The number of hydrogen-bond acceptors (Lipinski definition) is 5. The van der Waals surface area contributed by atoms with Crippen molar-refractivity contribution in [2.24, 2.45) is 0 Å². The lowest BCUT2D eigenvalue weighted by molar-refractivity contribution is -0.119. The molecule has 3 rings (SSSR count). The number of nitrogens with zero attached hydrogens (tertiary/aromatic N) is 2. The van der Waals surface area contributed by atoms with Crippen molar-refractivity contribution < 1.29 is 28.2 Å². The summed E-state index contributed by atoms with van der Waals surface area (Å²) >= 11 is 0. The lowest BCUT2D eigenvalue weighted by atomic mass is 10.2. The Morgan fingerprint density at radius 1 is 1.47 bits per heavy atom. The molecule has 0 spiro atoms. The molecule has 1 aliphatic heterocycles. The Morgan fingerprint density at radius 3 is 2.97 bits per heavy atom. The molecule has 0 aliphatic carbocycles. The molecule has 1 aromatic carbocycles. The van der Waals surface area contributed by atoms with Gasteiger partial charge >= 0.3 is 6.09 Å². The first-order valence-corrected chi connectivity index (χ1v) is 9.40. The minimum Gasteiger partial charge on any atom is -0.442 e.